The summed E-state index contributed by atoms with van der Waals surface area (Å²) < 4.78 is 5.22. The van der Waals surface area contributed by atoms with Crippen molar-refractivity contribution in [1.82, 2.24) is 15.5 Å². The molecule has 7 nitrogen and oxygen atoms in total. The number of likely N-dealkylation sites (tertiary alicyclic amines) is 1. The van der Waals surface area contributed by atoms with Gasteiger partial charge in [0.25, 0.3) is 0 Å². The molecule has 0 spiro atoms. The largest absolute Gasteiger partial charge is 0.445 e. The number of hydrogen-bond acceptors (Lipinski definition) is 4. The lowest BCUT2D eigenvalue weighted by atomic mass is 10.1. The minimum atomic E-state index is -0.707. The van der Waals surface area contributed by atoms with Crippen LogP contribution in [0.25, 0.3) is 0 Å². The van der Waals surface area contributed by atoms with Crippen molar-refractivity contribution < 1.29 is 19.1 Å². The molecule has 160 valence electrons. The van der Waals surface area contributed by atoms with Gasteiger partial charge in [0.15, 0.2) is 0 Å². The number of hydrogen-bond donors (Lipinski definition) is 2. The van der Waals surface area contributed by atoms with Gasteiger partial charge in [0, 0.05) is 13.1 Å². The van der Waals surface area contributed by atoms with Gasteiger partial charge < -0.3 is 20.3 Å². The third-order valence-electron chi connectivity index (χ3n) is 5.37. The Morgan fingerprint density at radius 2 is 1.90 bits per heavy atom. The van der Waals surface area contributed by atoms with E-state index in [1.165, 1.54) is 0 Å². The van der Waals surface area contributed by atoms with E-state index in [1.807, 2.05) is 37.3 Å². The van der Waals surface area contributed by atoms with Crippen LogP contribution in [0, 0.1) is 5.92 Å². The first-order valence-corrected chi connectivity index (χ1v) is 10.5. The van der Waals surface area contributed by atoms with Gasteiger partial charge in [-0.1, -0.05) is 57.5 Å². The first-order chi connectivity index (χ1) is 14.0. The van der Waals surface area contributed by atoms with Gasteiger partial charge in [-0.25, -0.2) is 4.79 Å². The quantitative estimate of drug-likeness (QED) is 0.664. The molecule has 1 fully saturated rings. The number of carbonyl (C=O) groups excluding carboxylic acids is 3. The molecule has 1 aromatic carbocycles. The molecule has 0 aromatic heterocycles. The van der Waals surface area contributed by atoms with Gasteiger partial charge in [-0.05, 0) is 30.7 Å². The second-order valence-corrected chi connectivity index (χ2v) is 7.62. The molecular formula is C22H33N3O4. The normalized spacial score (nSPS) is 18.0. The number of rotatable bonds is 9. The van der Waals surface area contributed by atoms with Crippen molar-refractivity contribution in [2.75, 3.05) is 13.1 Å². The van der Waals surface area contributed by atoms with Gasteiger partial charge in [-0.2, -0.15) is 0 Å². The number of ether oxygens (including phenoxy) is 1. The van der Waals surface area contributed by atoms with Crippen LogP contribution in [0.1, 0.15) is 52.0 Å². The Morgan fingerprint density at radius 1 is 1.17 bits per heavy atom. The zero-order chi connectivity index (χ0) is 21.2. The average Bonchev–Trinajstić information content (AvgIpc) is 3.24. The summed E-state index contributed by atoms with van der Waals surface area (Å²) in [5.74, 6) is 0.0527. The Balaban J connectivity index is 1.89. The van der Waals surface area contributed by atoms with Crippen LogP contribution in [-0.4, -0.2) is 48.0 Å². The van der Waals surface area contributed by atoms with Crippen molar-refractivity contribution >= 4 is 17.9 Å². The molecule has 0 bridgehead atoms. The third kappa shape index (κ3) is 6.76. The van der Waals surface area contributed by atoms with Crippen molar-refractivity contribution in [1.29, 1.82) is 0 Å². The third-order valence-corrected chi connectivity index (χ3v) is 5.37. The number of nitrogens with one attached hydrogen (secondary N) is 2. The summed E-state index contributed by atoms with van der Waals surface area (Å²) in [5, 5.41) is 5.60. The maximum Gasteiger partial charge on any atom is 0.408 e. The van der Waals surface area contributed by atoms with Crippen molar-refractivity contribution in [3.05, 3.63) is 35.9 Å². The first-order valence-electron chi connectivity index (χ1n) is 10.5. The smallest absolute Gasteiger partial charge is 0.408 e. The zero-order valence-corrected chi connectivity index (χ0v) is 17.6. The van der Waals surface area contributed by atoms with Crippen LogP contribution in [0.15, 0.2) is 30.3 Å². The van der Waals surface area contributed by atoms with E-state index < -0.39 is 18.2 Å². The predicted octanol–water partition coefficient (Wildman–Crippen LogP) is 2.84. The Kier molecular flexibility index (Phi) is 8.96. The topological polar surface area (TPSA) is 87.7 Å². The van der Waals surface area contributed by atoms with E-state index in [-0.39, 0.29) is 18.4 Å². The van der Waals surface area contributed by atoms with Gasteiger partial charge in [0.05, 0.1) is 0 Å². The van der Waals surface area contributed by atoms with E-state index in [9.17, 15) is 14.4 Å². The second-order valence-electron chi connectivity index (χ2n) is 7.62. The lowest BCUT2D eigenvalue weighted by Gasteiger charge is -2.28. The van der Waals surface area contributed by atoms with Gasteiger partial charge in [-0.15, -0.1) is 0 Å². The number of benzene rings is 1. The summed E-state index contributed by atoms with van der Waals surface area (Å²) in [5.41, 5.74) is 0.875. The van der Waals surface area contributed by atoms with Crippen molar-refractivity contribution in [3.63, 3.8) is 0 Å². The first kappa shape index (κ1) is 22.7. The highest BCUT2D eigenvalue weighted by atomic mass is 16.5. The molecule has 2 unspecified atom stereocenters. The molecule has 3 atom stereocenters. The molecule has 1 aromatic rings. The van der Waals surface area contributed by atoms with Crippen molar-refractivity contribution in [2.45, 2.75) is 65.1 Å². The highest BCUT2D eigenvalue weighted by Gasteiger charge is 2.37. The molecular weight excluding hydrogens is 370 g/mol. The lowest BCUT2D eigenvalue weighted by molar-refractivity contribution is -0.140. The molecule has 1 aliphatic heterocycles. The fourth-order valence-corrected chi connectivity index (χ4v) is 3.29. The van der Waals surface area contributed by atoms with Gasteiger partial charge in [0.2, 0.25) is 11.8 Å². The molecule has 3 amide bonds. The summed E-state index contributed by atoms with van der Waals surface area (Å²) in [7, 11) is 0. The van der Waals surface area contributed by atoms with Crippen LogP contribution in [0.2, 0.25) is 0 Å². The number of carbonyl (C=O) groups is 3. The Labute approximate surface area is 173 Å². The maximum atomic E-state index is 13.0. The number of alkyl carbamates (subject to hydrolysis) is 1. The summed E-state index contributed by atoms with van der Waals surface area (Å²) >= 11 is 0. The molecule has 1 heterocycles. The highest BCUT2D eigenvalue weighted by molar-refractivity contribution is 5.91. The fourth-order valence-electron chi connectivity index (χ4n) is 3.29. The SMILES string of the molecule is CCC(C)CNC(=O)[C@@H]1CCCN1C(=O)C(CC)NC(=O)OCc1ccccc1. The molecule has 7 heteroatoms. The van der Waals surface area contributed by atoms with Gasteiger partial charge in [-0.3, -0.25) is 9.59 Å². The van der Waals surface area contributed by atoms with E-state index in [2.05, 4.69) is 24.5 Å². The summed E-state index contributed by atoms with van der Waals surface area (Å²) in [4.78, 5) is 39.3. The van der Waals surface area contributed by atoms with Crippen LogP contribution >= 0.6 is 0 Å². The van der Waals surface area contributed by atoms with E-state index in [4.69, 9.17) is 4.74 Å². The number of amides is 3. The Morgan fingerprint density at radius 3 is 2.55 bits per heavy atom. The Hall–Kier alpha value is -2.57. The van der Waals surface area contributed by atoms with Gasteiger partial charge >= 0.3 is 6.09 Å². The van der Waals surface area contributed by atoms with E-state index in [1.54, 1.807) is 4.90 Å². The molecule has 2 rings (SSSR count). The van der Waals surface area contributed by atoms with E-state index >= 15 is 0 Å². The minimum absolute atomic E-state index is 0.113. The zero-order valence-electron chi connectivity index (χ0n) is 17.6. The summed E-state index contributed by atoms with van der Waals surface area (Å²) in [6, 6.07) is 8.18. The second kappa shape index (κ2) is 11.4. The van der Waals surface area contributed by atoms with Crippen LogP contribution in [0.5, 0.6) is 0 Å². The van der Waals surface area contributed by atoms with E-state index in [0.29, 0.717) is 31.8 Å². The fraction of sp³-hybridized carbons (Fsp3) is 0.591. The lowest BCUT2D eigenvalue weighted by Crippen LogP contribution is -2.53. The minimum Gasteiger partial charge on any atom is -0.445 e. The molecule has 2 N–H and O–H groups in total. The predicted molar refractivity (Wildman–Crippen MR) is 111 cm³/mol. The van der Waals surface area contributed by atoms with Gasteiger partial charge in [0.1, 0.15) is 18.7 Å². The molecule has 29 heavy (non-hydrogen) atoms. The van der Waals surface area contributed by atoms with Crippen molar-refractivity contribution in [2.24, 2.45) is 5.92 Å². The maximum absolute atomic E-state index is 13.0. The van der Waals surface area contributed by atoms with E-state index in [0.717, 1.165) is 18.4 Å². The molecule has 0 aliphatic carbocycles. The standard InChI is InChI=1S/C22H33N3O4/c1-4-16(3)14-23-20(26)19-12-9-13-25(19)21(27)18(5-2)24-22(28)29-15-17-10-7-6-8-11-17/h6-8,10-11,16,18-19H,4-5,9,12-15H2,1-3H3,(H,23,26)(H,24,28)/t16?,18?,19-/m0/s1. The molecule has 0 radical (unpaired) electrons. The highest BCUT2D eigenvalue weighted by Crippen LogP contribution is 2.19. The number of nitrogens with zero attached hydrogens (tertiary/aromatic N) is 1. The molecule has 1 saturated heterocycles. The average molecular weight is 404 g/mol. The van der Waals surface area contributed by atoms with Crippen LogP contribution in [0.4, 0.5) is 4.79 Å². The van der Waals surface area contributed by atoms with Crippen LogP contribution in [0.3, 0.4) is 0 Å². The Bertz CT molecular complexity index is 680. The molecule has 1 aliphatic rings. The van der Waals surface area contributed by atoms with Crippen molar-refractivity contribution in [3.8, 4) is 0 Å². The monoisotopic (exact) mass is 403 g/mol. The molecule has 0 saturated carbocycles. The van der Waals surface area contributed by atoms with Crippen LogP contribution < -0.4 is 10.6 Å². The van der Waals surface area contributed by atoms with Crippen LogP contribution in [-0.2, 0) is 20.9 Å². The summed E-state index contributed by atoms with van der Waals surface area (Å²) in [6.45, 7) is 7.26. The summed E-state index contributed by atoms with van der Waals surface area (Å²) in [6.07, 6.45) is 2.21.